The second-order valence-electron chi connectivity index (χ2n) is 6.75. The molecular formula is C20H33ClN2O2. The molecule has 2 rings (SSSR count). The second-order valence-corrected chi connectivity index (χ2v) is 6.75. The Morgan fingerprint density at radius 3 is 2.72 bits per heavy atom. The number of unbranched alkanes of at least 4 members (excludes halogenated alkanes) is 1. The first-order valence-electron chi connectivity index (χ1n) is 9.37. The molecule has 0 aromatic heterocycles. The van der Waals surface area contributed by atoms with Gasteiger partial charge in [0, 0.05) is 19.5 Å². The van der Waals surface area contributed by atoms with Gasteiger partial charge in [0.1, 0.15) is 5.75 Å². The van der Waals surface area contributed by atoms with Crippen molar-refractivity contribution in [2.24, 2.45) is 5.92 Å². The lowest BCUT2D eigenvalue weighted by Crippen LogP contribution is -2.40. The number of carbonyl (C=O) groups excluding carboxylic acids is 1. The van der Waals surface area contributed by atoms with Crippen LogP contribution in [-0.2, 0) is 4.79 Å². The van der Waals surface area contributed by atoms with Gasteiger partial charge >= 0.3 is 0 Å². The van der Waals surface area contributed by atoms with Crippen LogP contribution in [0.1, 0.15) is 44.6 Å². The molecule has 142 valence electrons. The molecule has 0 radical (unpaired) electrons. The first kappa shape index (κ1) is 21.8. The van der Waals surface area contributed by atoms with Crippen molar-refractivity contribution in [1.29, 1.82) is 0 Å². The number of nitrogens with zero attached hydrogens (tertiary/aromatic N) is 1. The summed E-state index contributed by atoms with van der Waals surface area (Å²) in [5, 5.41) is 3.41. The zero-order valence-corrected chi connectivity index (χ0v) is 16.4. The van der Waals surface area contributed by atoms with E-state index in [1.807, 2.05) is 23.1 Å². The Kier molecular flexibility index (Phi) is 10.6. The first-order chi connectivity index (χ1) is 11.7. The molecule has 1 amide bonds. The number of benzene rings is 1. The Labute approximate surface area is 158 Å². The second kappa shape index (κ2) is 12.2. The first-order valence-corrected chi connectivity index (χ1v) is 9.37. The summed E-state index contributed by atoms with van der Waals surface area (Å²) in [7, 11) is 0. The minimum Gasteiger partial charge on any atom is -0.494 e. The molecule has 1 aliphatic heterocycles. The van der Waals surface area contributed by atoms with Crippen LogP contribution in [0.2, 0.25) is 0 Å². The average Bonchev–Trinajstić information content (AvgIpc) is 2.60. The fourth-order valence-electron chi connectivity index (χ4n) is 3.17. The summed E-state index contributed by atoms with van der Waals surface area (Å²) in [5.41, 5.74) is 1.21. The van der Waals surface area contributed by atoms with Crippen LogP contribution >= 0.6 is 12.4 Å². The molecule has 1 aromatic carbocycles. The van der Waals surface area contributed by atoms with E-state index in [0.29, 0.717) is 18.9 Å². The Balaban J connectivity index is 0.00000312. The number of piperidine rings is 1. The summed E-state index contributed by atoms with van der Waals surface area (Å²) < 4.78 is 5.73. The molecule has 25 heavy (non-hydrogen) atoms. The van der Waals surface area contributed by atoms with Crippen molar-refractivity contribution < 1.29 is 9.53 Å². The number of ether oxygens (including phenoxy) is 1. The third-order valence-electron chi connectivity index (χ3n) is 4.69. The lowest BCUT2D eigenvalue weighted by molar-refractivity contribution is -0.132. The normalized spacial score (nSPS) is 14.9. The molecule has 1 aromatic rings. The minimum atomic E-state index is 0. The van der Waals surface area contributed by atoms with Crippen molar-refractivity contribution in [2.45, 2.75) is 46.0 Å². The highest BCUT2D eigenvalue weighted by Crippen LogP contribution is 2.18. The summed E-state index contributed by atoms with van der Waals surface area (Å²) in [5.74, 6) is 1.97. The Morgan fingerprint density at radius 2 is 2.04 bits per heavy atom. The highest BCUT2D eigenvalue weighted by molar-refractivity contribution is 5.85. The van der Waals surface area contributed by atoms with Gasteiger partial charge in [-0.1, -0.05) is 19.1 Å². The predicted octanol–water partition coefficient (Wildman–Crippen LogP) is 3.81. The minimum absolute atomic E-state index is 0. The fourth-order valence-corrected chi connectivity index (χ4v) is 3.17. The summed E-state index contributed by atoms with van der Waals surface area (Å²) in [6, 6.07) is 8.10. The van der Waals surface area contributed by atoms with Gasteiger partial charge in [-0.05, 0) is 69.3 Å². The van der Waals surface area contributed by atoms with Crippen LogP contribution in [-0.4, -0.2) is 43.6 Å². The van der Waals surface area contributed by atoms with E-state index < -0.39 is 0 Å². The van der Waals surface area contributed by atoms with Gasteiger partial charge in [-0.25, -0.2) is 0 Å². The number of aryl methyl sites for hydroxylation is 1. The quantitative estimate of drug-likeness (QED) is 0.674. The monoisotopic (exact) mass is 368 g/mol. The van der Waals surface area contributed by atoms with E-state index in [4.69, 9.17) is 4.74 Å². The van der Waals surface area contributed by atoms with Crippen molar-refractivity contribution in [3.8, 4) is 5.75 Å². The Bertz CT molecular complexity index is 502. The van der Waals surface area contributed by atoms with Crippen LogP contribution in [0.3, 0.4) is 0 Å². The summed E-state index contributed by atoms with van der Waals surface area (Å²) in [4.78, 5) is 14.3. The zero-order chi connectivity index (χ0) is 17.2. The molecule has 0 atom stereocenters. The molecule has 1 fully saturated rings. The van der Waals surface area contributed by atoms with Crippen molar-refractivity contribution >= 4 is 18.3 Å². The van der Waals surface area contributed by atoms with Gasteiger partial charge in [0.2, 0.25) is 5.91 Å². The molecule has 5 heteroatoms. The van der Waals surface area contributed by atoms with E-state index in [1.54, 1.807) is 0 Å². The maximum absolute atomic E-state index is 12.3. The predicted molar refractivity (Wildman–Crippen MR) is 106 cm³/mol. The van der Waals surface area contributed by atoms with Gasteiger partial charge < -0.3 is 15.0 Å². The van der Waals surface area contributed by atoms with E-state index in [2.05, 4.69) is 25.2 Å². The van der Waals surface area contributed by atoms with E-state index in [1.165, 1.54) is 5.56 Å². The smallest absolute Gasteiger partial charge is 0.222 e. The van der Waals surface area contributed by atoms with Crippen LogP contribution in [0.5, 0.6) is 5.75 Å². The summed E-state index contributed by atoms with van der Waals surface area (Å²) in [6.07, 6.45) is 4.75. The number of nitrogens with one attached hydrogen (secondary N) is 1. The summed E-state index contributed by atoms with van der Waals surface area (Å²) in [6.45, 7) is 8.86. The van der Waals surface area contributed by atoms with Gasteiger partial charge in [0.25, 0.3) is 0 Å². The maximum Gasteiger partial charge on any atom is 0.222 e. The molecule has 1 heterocycles. The molecule has 0 spiro atoms. The van der Waals surface area contributed by atoms with Crippen LogP contribution in [0, 0.1) is 12.8 Å². The standard InChI is InChI=1S/C20H32N2O2.ClH/c1-3-21-16-18-10-12-22(13-11-18)20(23)9-4-5-14-24-19-8-6-7-17(2)15-19;/h6-8,15,18,21H,3-5,9-14,16H2,1-2H3;1H. The molecule has 0 aliphatic carbocycles. The molecule has 0 unspecified atom stereocenters. The number of carbonyl (C=O) groups is 1. The SMILES string of the molecule is CCNCC1CCN(C(=O)CCCCOc2cccc(C)c2)CC1.Cl. The molecule has 0 saturated carbocycles. The molecule has 0 bridgehead atoms. The lowest BCUT2D eigenvalue weighted by Gasteiger charge is -2.32. The molecule has 1 saturated heterocycles. The number of hydrogen-bond donors (Lipinski definition) is 1. The van der Waals surface area contributed by atoms with E-state index in [9.17, 15) is 4.79 Å². The maximum atomic E-state index is 12.3. The van der Waals surface area contributed by atoms with Gasteiger partial charge in [-0.2, -0.15) is 0 Å². The third kappa shape index (κ3) is 8.10. The number of halogens is 1. The Morgan fingerprint density at radius 1 is 1.28 bits per heavy atom. The number of rotatable bonds is 9. The lowest BCUT2D eigenvalue weighted by atomic mass is 9.96. The molecule has 1 N–H and O–H groups in total. The van der Waals surface area contributed by atoms with Gasteiger partial charge in [-0.3, -0.25) is 4.79 Å². The van der Waals surface area contributed by atoms with E-state index in [-0.39, 0.29) is 12.4 Å². The molecule has 1 aliphatic rings. The highest BCUT2D eigenvalue weighted by atomic mass is 35.5. The summed E-state index contributed by atoms with van der Waals surface area (Å²) >= 11 is 0. The third-order valence-corrected chi connectivity index (χ3v) is 4.69. The van der Waals surface area contributed by atoms with Gasteiger partial charge in [0.15, 0.2) is 0 Å². The number of hydrogen-bond acceptors (Lipinski definition) is 3. The van der Waals surface area contributed by atoms with Crippen molar-refractivity contribution in [2.75, 3.05) is 32.8 Å². The molecular weight excluding hydrogens is 336 g/mol. The van der Waals surface area contributed by atoms with E-state index in [0.717, 1.165) is 63.5 Å². The number of likely N-dealkylation sites (tertiary alicyclic amines) is 1. The highest BCUT2D eigenvalue weighted by Gasteiger charge is 2.21. The Hall–Kier alpha value is -1.26. The van der Waals surface area contributed by atoms with E-state index >= 15 is 0 Å². The van der Waals surface area contributed by atoms with Crippen molar-refractivity contribution in [3.05, 3.63) is 29.8 Å². The average molecular weight is 369 g/mol. The molecule has 4 nitrogen and oxygen atoms in total. The zero-order valence-electron chi connectivity index (χ0n) is 15.6. The van der Waals surface area contributed by atoms with Crippen LogP contribution in [0.25, 0.3) is 0 Å². The van der Waals surface area contributed by atoms with Crippen LogP contribution < -0.4 is 10.1 Å². The fraction of sp³-hybridized carbons (Fsp3) is 0.650. The van der Waals surface area contributed by atoms with Gasteiger partial charge in [0.05, 0.1) is 6.61 Å². The van der Waals surface area contributed by atoms with Gasteiger partial charge in [-0.15, -0.1) is 12.4 Å². The number of amides is 1. The topological polar surface area (TPSA) is 41.6 Å². The van der Waals surface area contributed by atoms with Crippen molar-refractivity contribution in [1.82, 2.24) is 10.2 Å². The van der Waals surface area contributed by atoms with Crippen LogP contribution in [0.4, 0.5) is 0 Å². The largest absolute Gasteiger partial charge is 0.494 e. The van der Waals surface area contributed by atoms with Crippen LogP contribution in [0.15, 0.2) is 24.3 Å². The van der Waals surface area contributed by atoms with Crippen molar-refractivity contribution in [3.63, 3.8) is 0 Å².